The molecule has 8 aliphatic rings. The average molecular weight is 631 g/mol. The standard InChI is InChI=1S/C10H20N2.3C9H18N2/c1-12-6-4-10(5-7-12)11-8-9-2-3-9;1-10-7-3-9(4-8-10)11-5-2-6-11;1-10-4-6-11(7-5-10)8-9-2-3-9;1-11-6-4-9(5-7-11)10-8-2-3-8/h9-11H,2-8H2,1H3;2*9H,2-8H2,1H3;8-10H,2-7H2,1H3. The summed E-state index contributed by atoms with van der Waals surface area (Å²) in [5, 5.41) is 7.36. The average Bonchev–Trinajstić information content (AvgIpc) is 3.86. The Kier molecular flexibility index (Phi) is 15.2. The van der Waals surface area contributed by atoms with Gasteiger partial charge in [0, 0.05) is 56.9 Å². The van der Waals surface area contributed by atoms with Crippen LogP contribution in [-0.2, 0) is 0 Å². The minimum absolute atomic E-state index is 0.821. The Morgan fingerprint density at radius 1 is 0.444 bits per heavy atom. The van der Waals surface area contributed by atoms with Crippen molar-refractivity contribution in [2.75, 3.05) is 120 Å². The molecule has 8 rings (SSSR count). The van der Waals surface area contributed by atoms with Gasteiger partial charge >= 0.3 is 0 Å². The van der Waals surface area contributed by atoms with Crippen molar-refractivity contribution in [1.29, 1.82) is 0 Å². The summed E-state index contributed by atoms with van der Waals surface area (Å²) in [5.74, 6) is 2.10. The van der Waals surface area contributed by atoms with Crippen LogP contribution in [0.25, 0.3) is 0 Å². The highest BCUT2D eigenvalue weighted by Crippen LogP contribution is 2.30. The summed E-state index contributed by atoms with van der Waals surface area (Å²) in [6, 6.07) is 3.48. The third-order valence-electron chi connectivity index (χ3n) is 11.8. The van der Waals surface area contributed by atoms with Gasteiger partial charge in [-0.15, -0.1) is 0 Å². The highest BCUT2D eigenvalue weighted by atomic mass is 15.2. The lowest BCUT2D eigenvalue weighted by Gasteiger charge is -2.42. The number of likely N-dealkylation sites (N-methyl/N-ethyl adjacent to an activating group) is 1. The van der Waals surface area contributed by atoms with E-state index in [0.717, 1.165) is 36.0 Å². The van der Waals surface area contributed by atoms with Gasteiger partial charge in [-0.1, -0.05) is 0 Å². The van der Waals surface area contributed by atoms with Crippen LogP contribution >= 0.6 is 0 Å². The van der Waals surface area contributed by atoms with Gasteiger partial charge in [0.15, 0.2) is 0 Å². The first-order valence-electron chi connectivity index (χ1n) is 19.6. The Labute approximate surface area is 279 Å². The molecule has 45 heavy (non-hydrogen) atoms. The van der Waals surface area contributed by atoms with E-state index in [9.17, 15) is 0 Å². The maximum absolute atomic E-state index is 3.69. The molecule has 0 radical (unpaired) electrons. The van der Waals surface area contributed by atoms with E-state index in [2.05, 4.69) is 68.2 Å². The van der Waals surface area contributed by atoms with Crippen molar-refractivity contribution in [3.05, 3.63) is 0 Å². The minimum atomic E-state index is 0.821. The van der Waals surface area contributed by atoms with Gasteiger partial charge in [0.05, 0.1) is 0 Å². The van der Waals surface area contributed by atoms with Crippen molar-refractivity contribution in [3.63, 3.8) is 0 Å². The summed E-state index contributed by atoms with van der Waals surface area (Å²) in [5.41, 5.74) is 0. The quantitative estimate of drug-likeness (QED) is 0.424. The van der Waals surface area contributed by atoms with Crippen LogP contribution in [0.3, 0.4) is 0 Å². The molecule has 5 aliphatic heterocycles. The van der Waals surface area contributed by atoms with E-state index in [0.29, 0.717) is 0 Å². The Morgan fingerprint density at radius 3 is 1.38 bits per heavy atom. The number of likely N-dealkylation sites (tertiary alicyclic amines) is 4. The number of nitrogens with zero attached hydrogens (tertiary/aromatic N) is 6. The predicted molar refractivity (Wildman–Crippen MR) is 191 cm³/mol. The molecule has 0 spiro atoms. The minimum Gasteiger partial charge on any atom is -0.314 e. The second-order valence-corrected chi connectivity index (χ2v) is 16.4. The molecule has 0 aromatic heterocycles. The Morgan fingerprint density at radius 2 is 0.911 bits per heavy atom. The molecule has 0 unspecified atom stereocenters. The van der Waals surface area contributed by atoms with Gasteiger partial charge in [-0.3, -0.25) is 0 Å². The van der Waals surface area contributed by atoms with Crippen molar-refractivity contribution in [3.8, 4) is 0 Å². The van der Waals surface area contributed by atoms with Crippen molar-refractivity contribution < 1.29 is 0 Å². The fourth-order valence-corrected chi connectivity index (χ4v) is 7.39. The fourth-order valence-electron chi connectivity index (χ4n) is 7.39. The van der Waals surface area contributed by atoms with E-state index < -0.39 is 0 Å². The zero-order valence-corrected chi connectivity index (χ0v) is 30.2. The molecular weight excluding hydrogens is 556 g/mol. The van der Waals surface area contributed by atoms with Gasteiger partial charge in [-0.25, -0.2) is 0 Å². The maximum Gasteiger partial charge on any atom is 0.0120 e. The van der Waals surface area contributed by atoms with Crippen LogP contribution in [0.1, 0.15) is 83.5 Å². The second kappa shape index (κ2) is 19.0. The third-order valence-corrected chi connectivity index (χ3v) is 11.8. The van der Waals surface area contributed by atoms with E-state index in [1.807, 2.05) is 0 Å². The third kappa shape index (κ3) is 14.8. The van der Waals surface area contributed by atoms with Gasteiger partial charge < -0.3 is 40.0 Å². The maximum atomic E-state index is 3.69. The Hall–Kier alpha value is -0.320. The zero-order chi connectivity index (χ0) is 31.4. The number of hydrogen-bond acceptors (Lipinski definition) is 8. The molecule has 3 saturated carbocycles. The molecule has 8 nitrogen and oxygen atoms in total. The monoisotopic (exact) mass is 631 g/mol. The van der Waals surface area contributed by atoms with E-state index in [-0.39, 0.29) is 0 Å². The normalized spacial score (nSPS) is 29.1. The molecule has 0 aromatic rings. The van der Waals surface area contributed by atoms with Gasteiger partial charge in [0.25, 0.3) is 0 Å². The van der Waals surface area contributed by atoms with E-state index in [1.165, 1.54) is 175 Å². The summed E-state index contributed by atoms with van der Waals surface area (Å²) in [6.45, 7) is 18.3. The topological polar surface area (TPSA) is 43.5 Å². The molecule has 5 saturated heterocycles. The van der Waals surface area contributed by atoms with Crippen molar-refractivity contribution in [1.82, 2.24) is 40.0 Å². The van der Waals surface area contributed by atoms with Crippen LogP contribution in [0, 0.1) is 11.8 Å². The molecule has 2 N–H and O–H groups in total. The zero-order valence-electron chi connectivity index (χ0n) is 30.2. The lowest BCUT2D eigenvalue weighted by Crippen LogP contribution is -2.49. The van der Waals surface area contributed by atoms with E-state index in [4.69, 9.17) is 0 Å². The summed E-state index contributed by atoms with van der Waals surface area (Å²) < 4.78 is 0. The molecule has 0 aromatic carbocycles. The number of piperidine rings is 3. The van der Waals surface area contributed by atoms with Gasteiger partial charge in [-0.05, 0) is 182 Å². The molecule has 0 atom stereocenters. The largest absolute Gasteiger partial charge is 0.314 e. The van der Waals surface area contributed by atoms with Crippen molar-refractivity contribution in [2.45, 2.75) is 108 Å². The molecule has 8 heteroatoms. The highest BCUT2D eigenvalue weighted by Gasteiger charge is 2.28. The molecular formula is C37H74N8. The highest BCUT2D eigenvalue weighted by molar-refractivity contribution is 4.87. The molecule has 3 aliphatic carbocycles. The number of piperazine rings is 1. The van der Waals surface area contributed by atoms with Crippen molar-refractivity contribution in [2.24, 2.45) is 11.8 Å². The molecule has 5 heterocycles. The second-order valence-electron chi connectivity index (χ2n) is 16.4. The van der Waals surface area contributed by atoms with Crippen LogP contribution in [0.2, 0.25) is 0 Å². The van der Waals surface area contributed by atoms with E-state index in [1.54, 1.807) is 0 Å². The Bertz CT molecular complexity index is 733. The van der Waals surface area contributed by atoms with Gasteiger partial charge in [0.2, 0.25) is 0 Å². The lowest BCUT2D eigenvalue weighted by atomic mass is 10.0. The lowest BCUT2D eigenvalue weighted by molar-refractivity contribution is 0.0707. The van der Waals surface area contributed by atoms with Crippen molar-refractivity contribution >= 4 is 0 Å². The van der Waals surface area contributed by atoms with Crippen LogP contribution in [-0.4, -0.2) is 173 Å². The molecule has 8 fully saturated rings. The number of nitrogens with one attached hydrogen (secondary N) is 2. The van der Waals surface area contributed by atoms with Gasteiger partial charge in [0.1, 0.15) is 0 Å². The van der Waals surface area contributed by atoms with Crippen LogP contribution in [0.15, 0.2) is 0 Å². The van der Waals surface area contributed by atoms with Crippen LogP contribution < -0.4 is 10.6 Å². The fraction of sp³-hybridized carbons (Fsp3) is 1.00. The smallest absolute Gasteiger partial charge is 0.0120 e. The van der Waals surface area contributed by atoms with Gasteiger partial charge in [-0.2, -0.15) is 0 Å². The summed E-state index contributed by atoms with van der Waals surface area (Å²) in [7, 11) is 8.88. The first-order valence-corrected chi connectivity index (χ1v) is 19.6. The van der Waals surface area contributed by atoms with E-state index >= 15 is 0 Å². The summed E-state index contributed by atoms with van der Waals surface area (Å²) in [6.07, 6.45) is 18.4. The Balaban J connectivity index is 0.000000119. The predicted octanol–water partition coefficient (Wildman–Crippen LogP) is 3.34. The van der Waals surface area contributed by atoms with Crippen LogP contribution in [0.5, 0.6) is 0 Å². The molecule has 262 valence electrons. The van der Waals surface area contributed by atoms with Crippen LogP contribution in [0.4, 0.5) is 0 Å². The SMILES string of the molecule is CN1CCC(N2CCC2)CC1.CN1CCC(NC2CC2)CC1.CN1CCC(NCC2CC2)CC1.CN1CCN(CC2CC2)CC1. The number of rotatable bonds is 8. The molecule has 0 bridgehead atoms. The summed E-state index contributed by atoms with van der Waals surface area (Å²) >= 11 is 0. The summed E-state index contributed by atoms with van der Waals surface area (Å²) in [4.78, 5) is 15.0. The number of hydrogen-bond donors (Lipinski definition) is 2. The molecule has 0 amide bonds. The first-order chi connectivity index (χ1) is 21.9. The first kappa shape index (κ1) is 36.0.